The summed E-state index contributed by atoms with van der Waals surface area (Å²) in [7, 11) is 0. The maximum absolute atomic E-state index is 12.9. The van der Waals surface area contributed by atoms with Crippen molar-refractivity contribution in [3.8, 4) is 5.75 Å². The van der Waals surface area contributed by atoms with Crippen LogP contribution in [-0.4, -0.2) is 19.1 Å². The normalized spacial score (nSPS) is 11.4. The molecule has 2 rings (SSSR count). The minimum atomic E-state index is -4.54. The van der Waals surface area contributed by atoms with E-state index in [1.54, 1.807) is 12.1 Å². The number of amides is 1. The summed E-state index contributed by atoms with van der Waals surface area (Å²) in [6.45, 7) is 5.20. The Hall–Kier alpha value is -2.25. The lowest BCUT2D eigenvalue weighted by Crippen LogP contribution is -2.14. The first-order valence-corrected chi connectivity index (χ1v) is 9.65. The Morgan fingerprint density at radius 3 is 2.55 bits per heavy atom. The summed E-state index contributed by atoms with van der Waals surface area (Å²) in [5.74, 6) is 0.0155. The molecule has 0 saturated carbocycles. The second kappa shape index (κ2) is 10.5. The fourth-order valence-corrected chi connectivity index (χ4v) is 2.71. The fourth-order valence-electron chi connectivity index (χ4n) is 2.55. The van der Waals surface area contributed by atoms with Crippen LogP contribution < -0.4 is 10.1 Å². The molecule has 0 heterocycles. The third-order valence-corrected chi connectivity index (χ3v) is 4.39. The number of anilines is 1. The quantitative estimate of drug-likeness (QED) is 0.474. The molecular weight excluding hydrogens is 407 g/mol. The lowest BCUT2D eigenvalue weighted by Gasteiger charge is -2.14. The van der Waals surface area contributed by atoms with Crippen LogP contribution in [0.4, 0.5) is 18.9 Å². The molecule has 1 N–H and O–H groups in total. The third-order valence-electron chi connectivity index (χ3n) is 4.06. The molecule has 4 nitrogen and oxygen atoms in total. The number of hydrogen-bond donors (Lipinski definition) is 1. The van der Waals surface area contributed by atoms with Gasteiger partial charge in [0.05, 0.1) is 29.5 Å². The number of alkyl halides is 3. The molecule has 0 fully saturated rings. The number of rotatable bonds is 9. The molecule has 0 atom stereocenters. The Bertz CT molecular complexity index is 840. The van der Waals surface area contributed by atoms with Crippen LogP contribution in [0.1, 0.15) is 48.2 Å². The molecule has 0 unspecified atom stereocenters. The van der Waals surface area contributed by atoms with Crippen LogP contribution in [0.5, 0.6) is 5.75 Å². The van der Waals surface area contributed by atoms with Crippen molar-refractivity contribution >= 4 is 23.2 Å². The number of halogens is 4. The zero-order valence-corrected chi connectivity index (χ0v) is 17.0. The van der Waals surface area contributed by atoms with Crippen LogP contribution in [0.25, 0.3) is 0 Å². The molecule has 0 spiro atoms. The second-order valence-electron chi connectivity index (χ2n) is 6.31. The van der Waals surface area contributed by atoms with Gasteiger partial charge in [-0.1, -0.05) is 24.9 Å². The largest absolute Gasteiger partial charge is 0.494 e. The first kappa shape index (κ1) is 23.0. The summed E-state index contributed by atoms with van der Waals surface area (Å²) in [5.41, 5.74) is -0.0585. The van der Waals surface area contributed by atoms with Gasteiger partial charge in [-0.05, 0) is 49.7 Å². The Morgan fingerprint density at radius 1 is 1.14 bits per heavy atom. The zero-order chi connectivity index (χ0) is 21.4. The molecule has 2 aromatic carbocycles. The van der Waals surface area contributed by atoms with Crippen LogP contribution in [0.3, 0.4) is 0 Å². The first-order chi connectivity index (χ1) is 13.8. The van der Waals surface area contributed by atoms with Gasteiger partial charge in [0.2, 0.25) is 0 Å². The van der Waals surface area contributed by atoms with Gasteiger partial charge >= 0.3 is 6.18 Å². The van der Waals surface area contributed by atoms with Gasteiger partial charge in [0, 0.05) is 17.7 Å². The maximum Gasteiger partial charge on any atom is 0.416 e. The molecular formula is C21H23ClF3NO3. The molecule has 0 aromatic heterocycles. The predicted octanol–water partition coefficient (Wildman–Crippen LogP) is 6.33. The van der Waals surface area contributed by atoms with Crippen molar-refractivity contribution in [1.29, 1.82) is 0 Å². The van der Waals surface area contributed by atoms with Crippen LogP contribution in [0.15, 0.2) is 36.4 Å². The van der Waals surface area contributed by atoms with E-state index in [2.05, 4.69) is 12.2 Å². The van der Waals surface area contributed by atoms with Crippen molar-refractivity contribution in [2.75, 3.05) is 18.5 Å². The number of hydrogen-bond acceptors (Lipinski definition) is 3. The molecule has 0 aliphatic carbocycles. The molecule has 0 radical (unpaired) electrons. The number of nitrogens with one attached hydrogen (secondary N) is 1. The van der Waals surface area contributed by atoms with Crippen molar-refractivity contribution in [2.24, 2.45) is 0 Å². The van der Waals surface area contributed by atoms with E-state index in [-0.39, 0.29) is 22.9 Å². The van der Waals surface area contributed by atoms with E-state index >= 15 is 0 Å². The third kappa shape index (κ3) is 6.65. The number of benzene rings is 2. The average molecular weight is 430 g/mol. The van der Waals surface area contributed by atoms with Crippen LogP contribution in [-0.2, 0) is 17.5 Å². The predicted molar refractivity (Wildman–Crippen MR) is 107 cm³/mol. The van der Waals surface area contributed by atoms with Gasteiger partial charge in [-0.15, -0.1) is 0 Å². The summed E-state index contributed by atoms with van der Waals surface area (Å²) in [4.78, 5) is 12.6. The first-order valence-electron chi connectivity index (χ1n) is 9.27. The van der Waals surface area contributed by atoms with Crippen molar-refractivity contribution in [3.63, 3.8) is 0 Å². The van der Waals surface area contributed by atoms with Gasteiger partial charge in [0.1, 0.15) is 5.75 Å². The second-order valence-corrected chi connectivity index (χ2v) is 6.72. The monoisotopic (exact) mass is 429 g/mol. The van der Waals surface area contributed by atoms with Gasteiger partial charge in [0.25, 0.3) is 5.91 Å². The number of ether oxygens (including phenoxy) is 2. The molecule has 2 aromatic rings. The van der Waals surface area contributed by atoms with E-state index in [1.165, 1.54) is 6.07 Å². The molecule has 0 aliphatic rings. The van der Waals surface area contributed by atoms with Gasteiger partial charge in [-0.25, -0.2) is 0 Å². The van der Waals surface area contributed by atoms with Crippen LogP contribution >= 0.6 is 11.6 Å². The smallest absolute Gasteiger partial charge is 0.416 e. The topological polar surface area (TPSA) is 47.6 Å². The Morgan fingerprint density at radius 2 is 1.90 bits per heavy atom. The standard InChI is InChI=1S/C21H23ClF3NO3/c1-3-5-10-28-13-15-11-14(6-9-19(15)29-4-2)20(27)26-18-12-16(21(23,24)25)7-8-17(18)22/h6-9,11-12H,3-5,10,13H2,1-2H3,(H,26,27). The molecule has 0 bridgehead atoms. The van der Waals surface area contributed by atoms with Crippen molar-refractivity contribution in [1.82, 2.24) is 0 Å². The SMILES string of the molecule is CCCCOCc1cc(C(=O)Nc2cc(C(F)(F)F)ccc2Cl)ccc1OCC. The Balaban J connectivity index is 2.22. The molecule has 29 heavy (non-hydrogen) atoms. The lowest BCUT2D eigenvalue weighted by molar-refractivity contribution is -0.137. The Kier molecular flexibility index (Phi) is 8.34. The molecule has 0 saturated heterocycles. The minimum absolute atomic E-state index is 0.0143. The summed E-state index contributed by atoms with van der Waals surface area (Å²) in [6.07, 6.45) is -2.62. The Labute approximate surface area is 173 Å². The average Bonchev–Trinajstić information content (AvgIpc) is 2.67. The highest BCUT2D eigenvalue weighted by atomic mass is 35.5. The summed E-state index contributed by atoms with van der Waals surface area (Å²) in [5, 5.41) is 2.46. The molecule has 0 aliphatic heterocycles. The van der Waals surface area contributed by atoms with Crippen molar-refractivity contribution in [2.45, 2.75) is 39.5 Å². The summed E-state index contributed by atoms with van der Waals surface area (Å²) >= 11 is 5.95. The number of carbonyl (C=O) groups is 1. The minimum Gasteiger partial charge on any atom is -0.494 e. The maximum atomic E-state index is 12.9. The highest BCUT2D eigenvalue weighted by Crippen LogP contribution is 2.34. The molecule has 158 valence electrons. The fraction of sp³-hybridized carbons (Fsp3) is 0.381. The van der Waals surface area contributed by atoms with Gasteiger partial charge in [-0.2, -0.15) is 13.2 Å². The number of carbonyl (C=O) groups excluding carboxylic acids is 1. The molecule has 1 amide bonds. The van der Waals surface area contributed by atoms with E-state index in [4.69, 9.17) is 21.1 Å². The van der Waals surface area contributed by atoms with Crippen molar-refractivity contribution < 1.29 is 27.4 Å². The van der Waals surface area contributed by atoms with E-state index in [9.17, 15) is 18.0 Å². The van der Waals surface area contributed by atoms with Crippen LogP contribution in [0.2, 0.25) is 5.02 Å². The zero-order valence-electron chi connectivity index (χ0n) is 16.2. The summed E-state index contributed by atoms with van der Waals surface area (Å²) < 4.78 is 49.9. The van der Waals surface area contributed by atoms with Gasteiger partial charge in [0.15, 0.2) is 0 Å². The summed E-state index contributed by atoms with van der Waals surface area (Å²) in [6, 6.07) is 7.56. The lowest BCUT2D eigenvalue weighted by atomic mass is 10.1. The number of unbranched alkanes of at least 4 members (excludes halogenated alkanes) is 1. The molecule has 8 heteroatoms. The van der Waals surface area contributed by atoms with Gasteiger partial charge in [-0.3, -0.25) is 4.79 Å². The van der Waals surface area contributed by atoms with E-state index < -0.39 is 17.6 Å². The van der Waals surface area contributed by atoms with E-state index in [0.717, 1.165) is 31.0 Å². The highest BCUT2D eigenvalue weighted by Gasteiger charge is 2.31. The van der Waals surface area contributed by atoms with Crippen molar-refractivity contribution in [3.05, 3.63) is 58.1 Å². The van der Waals surface area contributed by atoms with E-state index in [1.807, 2.05) is 6.92 Å². The van der Waals surface area contributed by atoms with Gasteiger partial charge < -0.3 is 14.8 Å². The van der Waals surface area contributed by atoms with Crippen LogP contribution in [0, 0.1) is 0 Å². The van der Waals surface area contributed by atoms with E-state index in [0.29, 0.717) is 24.5 Å². The highest BCUT2D eigenvalue weighted by molar-refractivity contribution is 6.34.